The summed E-state index contributed by atoms with van der Waals surface area (Å²) < 4.78 is 40.7. The molecule has 1 heterocycles. The number of nitrogens with one attached hydrogen (secondary N) is 1. The number of rotatable bonds is 3. The van der Waals surface area contributed by atoms with Crippen molar-refractivity contribution < 1.29 is 17.9 Å². The number of hydrogen-bond acceptors (Lipinski definition) is 3. The van der Waals surface area contributed by atoms with Gasteiger partial charge in [0.2, 0.25) is 0 Å². The zero-order valence-corrected chi connectivity index (χ0v) is 11.9. The van der Waals surface area contributed by atoms with Gasteiger partial charge < -0.3 is 10.1 Å². The van der Waals surface area contributed by atoms with E-state index >= 15 is 0 Å². The maximum absolute atomic E-state index is 12.0. The van der Waals surface area contributed by atoms with E-state index in [2.05, 4.69) is 31.0 Å². The third-order valence-corrected chi connectivity index (χ3v) is 3.24. The van der Waals surface area contributed by atoms with Crippen LogP contribution in [0.4, 0.5) is 24.7 Å². The number of ether oxygens (including phenoxy) is 1. The first-order valence-corrected chi connectivity index (χ1v) is 6.38. The maximum atomic E-state index is 12.0. The Hall–Kier alpha value is -1.76. The van der Waals surface area contributed by atoms with Gasteiger partial charge >= 0.3 is 6.36 Å². The van der Waals surface area contributed by atoms with Crippen LogP contribution in [0.5, 0.6) is 5.75 Å². The van der Waals surface area contributed by atoms with E-state index in [0.29, 0.717) is 11.5 Å². The molecule has 20 heavy (non-hydrogen) atoms. The van der Waals surface area contributed by atoms with Crippen molar-refractivity contribution in [3.05, 3.63) is 46.6 Å². The molecule has 2 aromatic rings. The van der Waals surface area contributed by atoms with Crippen molar-refractivity contribution in [3.8, 4) is 5.75 Å². The highest BCUT2D eigenvalue weighted by Crippen LogP contribution is 2.25. The lowest BCUT2D eigenvalue weighted by molar-refractivity contribution is -0.274. The van der Waals surface area contributed by atoms with Crippen LogP contribution in [0.1, 0.15) is 5.56 Å². The summed E-state index contributed by atoms with van der Waals surface area (Å²) >= 11 is 3.34. The van der Waals surface area contributed by atoms with E-state index in [1.54, 1.807) is 6.20 Å². The van der Waals surface area contributed by atoms with Crippen LogP contribution in [-0.2, 0) is 0 Å². The lowest BCUT2D eigenvalue weighted by Crippen LogP contribution is -2.16. The highest BCUT2D eigenvalue weighted by Gasteiger charge is 2.30. The standard InChI is InChI=1S/C13H10BrF3N2O/c1-8-6-12(18-7-11(8)14)19-9-2-4-10(5-3-9)20-13(15,16)17/h2-7H,1H3,(H,18,19). The molecule has 0 radical (unpaired) electrons. The highest BCUT2D eigenvalue weighted by atomic mass is 79.9. The average Bonchev–Trinajstić information content (AvgIpc) is 2.35. The van der Waals surface area contributed by atoms with Crippen LogP contribution in [-0.4, -0.2) is 11.3 Å². The Kier molecular flexibility index (Phi) is 4.17. The lowest BCUT2D eigenvalue weighted by atomic mass is 10.2. The van der Waals surface area contributed by atoms with Gasteiger partial charge in [-0.25, -0.2) is 4.98 Å². The monoisotopic (exact) mass is 346 g/mol. The van der Waals surface area contributed by atoms with Gasteiger partial charge in [0.05, 0.1) is 0 Å². The molecule has 0 saturated heterocycles. The molecule has 0 aliphatic rings. The van der Waals surface area contributed by atoms with Crippen molar-refractivity contribution >= 4 is 27.4 Å². The second-order valence-electron chi connectivity index (χ2n) is 4.02. The largest absolute Gasteiger partial charge is 0.573 e. The van der Waals surface area contributed by atoms with E-state index in [-0.39, 0.29) is 5.75 Å². The first-order chi connectivity index (χ1) is 9.33. The minimum Gasteiger partial charge on any atom is -0.406 e. The Bertz CT molecular complexity index is 600. The maximum Gasteiger partial charge on any atom is 0.573 e. The van der Waals surface area contributed by atoms with Gasteiger partial charge in [-0.3, -0.25) is 0 Å². The van der Waals surface area contributed by atoms with E-state index < -0.39 is 6.36 Å². The van der Waals surface area contributed by atoms with Crippen molar-refractivity contribution in [3.63, 3.8) is 0 Å². The molecule has 2 rings (SSSR count). The first-order valence-electron chi connectivity index (χ1n) is 5.58. The molecule has 1 N–H and O–H groups in total. The number of pyridine rings is 1. The zero-order valence-electron chi connectivity index (χ0n) is 10.3. The van der Waals surface area contributed by atoms with Crippen molar-refractivity contribution in [2.45, 2.75) is 13.3 Å². The molecular weight excluding hydrogens is 337 g/mol. The number of alkyl halides is 3. The van der Waals surface area contributed by atoms with Gasteiger partial charge in [-0.1, -0.05) is 0 Å². The molecule has 0 fully saturated rings. The fraction of sp³-hybridized carbons (Fsp3) is 0.154. The fourth-order valence-corrected chi connectivity index (χ4v) is 1.71. The van der Waals surface area contributed by atoms with Crippen LogP contribution in [0.3, 0.4) is 0 Å². The van der Waals surface area contributed by atoms with Crippen LogP contribution in [0.2, 0.25) is 0 Å². The van der Waals surface area contributed by atoms with Crippen molar-refractivity contribution in [1.29, 1.82) is 0 Å². The van der Waals surface area contributed by atoms with Crippen LogP contribution < -0.4 is 10.1 Å². The van der Waals surface area contributed by atoms with Gasteiger partial charge in [-0.2, -0.15) is 0 Å². The second kappa shape index (κ2) is 5.70. The van der Waals surface area contributed by atoms with Gasteiger partial charge in [-0.15, -0.1) is 13.2 Å². The quantitative estimate of drug-likeness (QED) is 0.867. The molecule has 0 atom stereocenters. The van der Waals surface area contributed by atoms with Crippen LogP contribution in [0.15, 0.2) is 41.0 Å². The molecule has 106 valence electrons. The van der Waals surface area contributed by atoms with Crippen LogP contribution in [0, 0.1) is 6.92 Å². The molecule has 0 saturated carbocycles. The summed E-state index contributed by atoms with van der Waals surface area (Å²) in [6.07, 6.45) is -3.03. The summed E-state index contributed by atoms with van der Waals surface area (Å²) in [6, 6.07) is 7.27. The Morgan fingerprint density at radius 3 is 2.40 bits per heavy atom. The molecule has 0 unspecified atom stereocenters. The second-order valence-corrected chi connectivity index (χ2v) is 4.87. The number of aryl methyl sites for hydroxylation is 1. The third kappa shape index (κ3) is 4.12. The molecule has 0 aliphatic carbocycles. The summed E-state index contributed by atoms with van der Waals surface area (Å²) in [5.74, 6) is 0.346. The molecule has 0 spiro atoms. The lowest BCUT2D eigenvalue weighted by Gasteiger charge is -2.10. The summed E-state index contributed by atoms with van der Waals surface area (Å²) in [7, 11) is 0. The molecule has 0 amide bonds. The van der Waals surface area contributed by atoms with E-state index in [9.17, 15) is 13.2 Å². The van der Waals surface area contributed by atoms with Crippen molar-refractivity contribution in [1.82, 2.24) is 4.98 Å². The molecule has 1 aromatic carbocycles. The molecular formula is C13H10BrF3N2O. The Morgan fingerprint density at radius 1 is 1.20 bits per heavy atom. The van der Waals surface area contributed by atoms with E-state index in [1.165, 1.54) is 24.3 Å². The number of halogens is 4. The molecule has 3 nitrogen and oxygen atoms in total. The van der Waals surface area contributed by atoms with Crippen LogP contribution >= 0.6 is 15.9 Å². The predicted octanol–water partition coefficient (Wildman–Crippen LogP) is 4.79. The Morgan fingerprint density at radius 2 is 1.85 bits per heavy atom. The zero-order chi connectivity index (χ0) is 14.8. The van der Waals surface area contributed by atoms with Crippen molar-refractivity contribution in [2.75, 3.05) is 5.32 Å². The Balaban J connectivity index is 2.08. The van der Waals surface area contributed by atoms with E-state index in [4.69, 9.17) is 0 Å². The summed E-state index contributed by atoms with van der Waals surface area (Å²) in [4.78, 5) is 4.15. The molecule has 1 aromatic heterocycles. The smallest absolute Gasteiger partial charge is 0.406 e. The normalized spacial score (nSPS) is 11.2. The topological polar surface area (TPSA) is 34.1 Å². The Labute approximate surface area is 121 Å². The minimum atomic E-state index is -4.68. The van der Waals surface area contributed by atoms with Gasteiger partial charge in [-0.05, 0) is 58.7 Å². The van der Waals surface area contributed by atoms with Gasteiger partial charge in [0.25, 0.3) is 0 Å². The molecule has 7 heteroatoms. The number of hydrogen-bond donors (Lipinski definition) is 1. The number of anilines is 2. The van der Waals surface area contributed by atoms with Crippen molar-refractivity contribution in [2.24, 2.45) is 0 Å². The minimum absolute atomic E-state index is 0.261. The molecule has 0 aliphatic heterocycles. The summed E-state index contributed by atoms with van der Waals surface area (Å²) in [6.45, 7) is 1.91. The summed E-state index contributed by atoms with van der Waals surface area (Å²) in [5.41, 5.74) is 1.62. The first kappa shape index (κ1) is 14.6. The fourth-order valence-electron chi connectivity index (χ4n) is 1.50. The molecule has 0 bridgehead atoms. The van der Waals surface area contributed by atoms with Crippen LogP contribution in [0.25, 0.3) is 0 Å². The SMILES string of the molecule is Cc1cc(Nc2ccc(OC(F)(F)F)cc2)ncc1Br. The average molecular weight is 347 g/mol. The summed E-state index contributed by atoms with van der Waals surface area (Å²) in [5, 5.41) is 2.99. The number of benzene rings is 1. The number of aromatic nitrogens is 1. The third-order valence-electron chi connectivity index (χ3n) is 2.41. The highest BCUT2D eigenvalue weighted by molar-refractivity contribution is 9.10. The number of nitrogens with zero attached hydrogens (tertiary/aromatic N) is 1. The predicted molar refractivity (Wildman–Crippen MR) is 73.1 cm³/mol. The van der Waals surface area contributed by atoms with Gasteiger partial charge in [0.15, 0.2) is 0 Å². The van der Waals surface area contributed by atoms with E-state index in [0.717, 1.165) is 10.0 Å². The van der Waals surface area contributed by atoms with Gasteiger partial charge in [0.1, 0.15) is 11.6 Å². The van der Waals surface area contributed by atoms with Gasteiger partial charge in [0, 0.05) is 16.4 Å². The van der Waals surface area contributed by atoms with E-state index in [1.807, 2.05) is 13.0 Å².